The third kappa shape index (κ3) is 2.43. The lowest BCUT2D eigenvalue weighted by Crippen LogP contribution is -2.44. The summed E-state index contributed by atoms with van der Waals surface area (Å²) in [5.41, 5.74) is -1.95. The maximum absolute atomic E-state index is 13.3. The first-order chi connectivity index (χ1) is 14.2. The lowest BCUT2D eigenvalue weighted by atomic mass is 9.74. The summed E-state index contributed by atoms with van der Waals surface area (Å²) in [5, 5.41) is 13.0. The summed E-state index contributed by atoms with van der Waals surface area (Å²) in [6, 6.07) is 5.10. The third-order valence-corrected chi connectivity index (χ3v) is 6.57. The molecule has 0 radical (unpaired) electrons. The molecule has 0 aromatic carbocycles. The molecule has 5 atom stereocenters. The van der Waals surface area contributed by atoms with E-state index in [1.807, 2.05) is 0 Å². The van der Waals surface area contributed by atoms with Crippen LogP contribution in [0.5, 0.6) is 5.88 Å². The molecule has 2 N–H and O–H groups in total. The molecule has 2 aromatic heterocycles. The van der Waals surface area contributed by atoms with Crippen LogP contribution in [0.15, 0.2) is 36.7 Å². The first-order valence-corrected chi connectivity index (χ1v) is 9.41. The number of aromatic nitrogens is 2. The molecule has 4 heterocycles. The van der Waals surface area contributed by atoms with Gasteiger partial charge in [0.05, 0.1) is 36.4 Å². The number of aliphatic hydroxyl groups excluding tert-OH is 1. The molecular weight excluding hydrogens is 403 g/mol. The molecule has 2 bridgehead atoms. The zero-order chi connectivity index (χ0) is 21.3. The number of pyridine rings is 2. The van der Waals surface area contributed by atoms with Crippen LogP contribution in [0, 0.1) is 5.41 Å². The number of carbonyl (C=O) groups is 1. The van der Waals surface area contributed by atoms with Crippen molar-refractivity contribution in [3.63, 3.8) is 0 Å². The van der Waals surface area contributed by atoms with E-state index < -0.39 is 46.8 Å². The number of alkyl halides is 3. The first-order valence-electron chi connectivity index (χ1n) is 9.41. The number of hydrogen-bond donors (Lipinski definition) is 2. The fraction of sp³-hybridized carbons (Fsp3) is 0.450. The van der Waals surface area contributed by atoms with Gasteiger partial charge >= 0.3 is 6.18 Å². The Kier molecular flexibility index (Phi) is 3.94. The van der Waals surface area contributed by atoms with Crippen LogP contribution >= 0.6 is 0 Å². The summed E-state index contributed by atoms with van der Waals surface area (Å²) < 4.78 is 50.1. The normalized spacial score (nSPS) is 33.8. The van der Waals surface area contributed by atoms with Gasteiger partial charge in [-0.2, -0.15) is 13.2 Å². The van der Waals surface area contributed by atoms with Crippen LogP contribution in [0.3, 0.4) is 0 Å². The average molecular weight is 421 g/mol. The van der Waals surface area contributed by atoms with Crippen molar-refractivity contribution in [2.45, 2.75) is 42.7 Å². The Morgan fingerprint density at radius 3 is 2.80 bits per heavy atom. The minimum absolute atomic E-state index is 0.180. The van der Waals surface area contributed by atoms with Gasteiger partial charge in [-0.05, 0) is 30.2 Å². The SMILES string of the molecule is COc1cc([C@@]23C[C@]2(C(=O)Nc2cc(C(F)(F)F)ccn2)[C@H]2C[C@H](O)[C@@H]3O2)ccn1. The van der Waals surface area contributed by atoms with Gasteiger partial charge in [-0.3, -0.25) is 4.79 Å². The molecule has 3 fully saturated rings. The number of anilines is 1. The summed E-state index contributed by atoms with van der Waals surface area (Å²) in [5.74, 6) is -0.287. The number of methoxy groups -OCH3 is 1. The van der Waals surface area contributed by atoms with Gasteiger partial charge in [-0.25, -0.2) is 9.97 Å². The van der Waals surface area contributed by atoms with Crippen molar-refractivity contribution in [2.24, 2.45) is 5.41 Å². The Morgan fingerprint density at radius 1 is 1.30 bits per heavy atom. The van der Waals surface area contributed by atoms with Crippen molar-refractivity contribution in [2.75, 3.05) is 12.4 Å². The molecule has 1 amide bonds. The highest BCUT2D eigenvalue weighted by atomic mass is 19.4. The molecule has 2 aromatic rings. The van der Waals surface area contributed by atoms with Gasteiger partial charge < -0.3 is 19.9 Å². The van der Waals surface area contributed by atoms with E-state index in [4.69, 9.17) is 9.47 Å². The lowest BCUT2D eigenvalue weighted by Gasteiger charge is -2.29. The predicted octanol–water partition coefficient (Wildman–Crippen LogP) is 2.30. The van der Waals surface area contributed by atoms with Crippen molar-refractivity contribution in [1.82, 2.24) is 9.97 Å². The molecular formula is C20H18F3N3O4. The minimum Gasteiger partial charge on any atom is -0.481 e. The Balaban J connectivity index is 1.50. The average Bonchev–Trinajstić information content (AvgIpc) is 3.21. The van der Waals surface area contributed by atoms with Crippen molar-refractivity contribution in [1.29, 1.82) is 0 Å². The van der Waals surface area contributed by atoms with Gasteiger partial charge in [0.15, 0.2) is 0 Å². The van der Waals surface area contributed by atoms with Crippen molar-refractivity contribution in [3.8, 4) is 5.88 Å². The van der Waals surface area contributed by atoms with Gasteiger partial charge in [-0.15, -0.1) is 0 Å². The monoisotopic (exact) mass is 421 g/mol. The van der Waals surface area contributed by atoms with Crippen molar-refractivity contribution < 1.29 is 32.5 Å². The van der Waals surface area contributed by atoms with Crippen LogP contribution in [0.4, 0.5) is 19.0 Å². The maximum atomic E-state index is 13.3. The summed E-state index contributed by atoms with van der Waals surface area (Å²) in [6.07, 6.45) is -3.15. The number of nitrogens with zero attached hydrogens (tertiary/aromatic N) is 2. The van der Waals surface area contributed by atoms with Crippen LogP contribution in [-0.4, -0.2) is 46.4 Å². The van der Waals surface area contributed by atoms with Crippen LogP contribution in [0.2, 0.25) is 0 Å². The molecule has 5 rings (SSSR count). The topological polar surface area (TPSA) is 93.6 Å². The number of rotatable bonds is 4. The lowest BCUT2D eigenvalue weighted by molar-refractivity contribution is -0.137. The molecule has 7 nitrogen and oxygen atoms in total. The van der Waals surface area contributed by atoms with E-state index in [0.29, 0.717) is 12.3 Å². The van der Waals surface area contributed by atoms with Gasteiger partial charge in [0, 0.05) is 30.3 Å². The Labute approximate surface area is 169 Å². The minimum atomic E-state index is -4.54. The smallest absolute Gasteiger partial charge is 0.416 e. The molecule has 30 heavy (non-hydrogen) atoms. The number of amides is 1. The fourth-order valence-corrected chi connectivity index (χ4v) is 5.23. The van der Waals surface area contributed by atoms with Gasteiger partial charge in [-0.1, -0.05) is 0 Å². The third-order valence-electron chi connectivity index (χ3n) is 6.57. The van der Waals surface area contributed by atoms with Crippen molar-refractivity contribution in [3.05, 3.63) is 47.8 Å². The summed E-state index contributed by atoms with van der Waals surface area (Å²) in [6.45, 7) is 0. The van der Waals surface area contributed by atoms with Crippen molar-refractivity contribution >= 4 is 11.7 Å². The number of nitrogens with one attached hydrogen (secondary N) is 1. The summed E-state index contributed by atoms with van der Waals surface area (Å²) in [4.78, 5) is 21.3. The van der Waals surface area contributed by atoms with Crippen LogP contribution < -0.4 is 10.1 Å². The Hall–Kier alpha value is -2.72. The molecule has 0 unspecified atom stereocenters. The van der Waals surface area contributed by atoms with E-state index in [2.05, 4.69) is 15.3 Å². The first kappa shape index (κ1) is 19.3. The number of aliphatic hydroxyl groups is 1. The highest BCUT2D eigenvalue weighted by Crippen LogP contribution is 2.77. The maximum Gasteiger partial charge on any atom is 0.416 e. The quantitative estimate of drug-likeness (QED) is 0.787. The molecule has 0 spiro atoms. The molecule has 158 valence electrons. The molecule has 2 saturated heterocycles. The standard InChI is InChI=1S/C20H18F3N3O4/c1-29-15-7-10(2-5-25-15)18-9-19(18,13-8-12(27)16(18)30-13)17(28)26-14-6-11(3-4-24-14)20(21,22)23/h2-7,12-13,16,27H,8-9H2,1H3,(H,24,26,28)/t12-,13+,16-,18+,19+/m0/s1. The van der Waals surface area contributed by atoms with E-state index in [9.17, 15) is 23.1 Å². The Morgan fingerprint density at radius 2 is 2.07 bits per heavy atom. The van der Waals surface area contributed by atoms with Gasteiger partial charge in [0.1, 0.15) is 5.82 Å². The molecule has 1 saturated carbocycles. The predicted molar refractivity (Wildman–Crippen MR) is 96.7 cm³/mol. The van der Waals surface area contributed by atoms with Crippen LogP contribution in [0.25, 0.3) is 0 Å². The van der Waals surface area contributed by atoms with Crippen LogP contribution in [-0.2, 0) is 21.1 Å². The number of carbonyl (C=O) groups excluding carboxylic acids is 1. The second-order valence-corrected chi connectivity index (χ2v) is 7.94. The van der Waals surface area contributed by atoms with Crippen LogP contribution in [0.1, 0.15) is 24.0 Å². The second-order valence-electron chi connectivity index (χ2n) is 7.94. The van der Waals surface area contributed by atoms with E-state index >= 15 is 0 Å². The zero-order valence-corrected chi connectivity index (χ0v) is 15.8. The van der Waals surface area contributed by atoms with Gasteiger partial charge in [0.25, 0.3) is 0 Å². The highest BCUT2D eigenvalue weighted by Gasteiger charge is 2.87. The summed E-state index contributed by atoms with van der Waals surface area (Å²) in [7, 11) is 1.47. The molecule has 2 aliphatic heterocycles. The Bertz CT molecular complexity index is 1030. The molecule has 3 aliphatic rings. The number of ether oxygens (including phenoxy) is 2. The van der Waals surface area contributed by atoms with E-state index in [1.54, 1.807) is 18.3 Å². The zero-order valence-electron chi connectivity index (χ0n) is 15.8. The fourth-order valence-electron chi connectivity index (χ4n) is 5.23. The summed E-state index contributed by atoms with van der Waals surface area (Å²) >= 11 is 0. The van der Waals surface area contributed by atoms with Gasteiger partial charge in [0.2, 0.25) is 11.8 Å². The van der Waals surface area contributed by atoms with E-state index in [1.165, 1.54) is 7.11 Å². The number of fused-ring (bicyclic) bond motifs is 5. The van der Waals surface area contributed by atoms with E-state index in [-0.39, 0.29) is 12.2 Å². The molecule has 1 aliphatic carbocycles. The second kappa shape index (κ2) is 6.14. The van der Waals surface area contributed by atoms with E-state index in [0.717, 1.165) is 23.9 Å². The highest BCUT2D eigenvalue weighted by molar-refractivity contribution is 6.00. The number of hydrogen-bond acceptors (Lipinski definition) is 6. The number of halogens is 3. The molecule has 10 heteroatoms. The largest absolute Gasteiger partial charge is 0.481 e.